The van der Waals surface area contributed by atoms with Crippen LogP contribution in [0.4, 0.5) is 0 Å². The molecule has 0 spiro atoms. The molecule has 0 fully saturated rings. The van der Waals surface area contributed by atoms with Gasteiger partial charge in [0.15, 0.2) is 0 Å². The van der Waals surface area contributed by atoms with Crippen LogP contribution in [-0.4, -0.2) is 19.4 Å². The maximum Gasteiger partial charge on any atom is 0.333 e. The van der Waals surface area contributed by atoms with Crippen molar-refractivity contribution in [2.45, 2.75) is 13.8 Å². The second kappa shape index (κ2) is 5.29. The van der Waals surface area contributed by atoms with Crippen LogP contribution in [0.2, 0.25) is 0 Å². The van der Waals surface area contributed by atoms with Crippen LogP contribution < -0.4 is 0 Å². The quantitative estimate of drug-likeness (QED) is 0.276. The zero-order valence-electron chi connectivity index (χ0n) is 7.46. The van der Waals surface area contributed by atoms with Gasteiger partial charge in [0.25, 0.3) is 0 Å². The van der Waals surface area contributed by atoms with Gasteiger partial charge in [-0.2, -0.15) is 0 Å². The van der Waals surface area contributed by atoms with Gasteiger partial charge in [-0.05, 0) is 31.6 Å². The molecule has 12 heavy (non-hydrogen) atoms. The lowest BCUT2D eigenvalue weighted by Crippen LogP contribution is -2.01. The molecule has 66 valence electrons. The van der Waals surface area contributed by atoms with Crippen molar-refractivity contribution in [2.24, 2.45) is 0 Å². The molecule has 0 aliphatic rings. The summed E-state index contributed by atoms with van der Waals surface area (Å²) >= 11 is 0. The normalized spacial score (nSPS) is 12.6. The van der Waals surface area contributed by atoms with E-state index in [-0.39, 0.29) is 5.97 Å². The summed E-state index contributed by atoms with van der Waals surface area (Å²) in [7, 11) is 1.32. The number of aldehydes is 1. The van der Waals surface area contributed by atoms with Crippen molar-refractivity contribution in [3.8, 4) is 0 Å². The highest BCUT2D eigenvalue weighted by atomic mass is 16.5. The Morgan fingerprint density at radius 1 is 1.33 bits per heavy atom. The van der Waals surface area contributed by atoms with Crippen molar-refractivity contribution in [2.75, 3.05) is 7.11 Å². The summed E-state index contributed by atoms with van der Waals surface area (Å²) in [6, 6.07) is 0. The first kappa shape index (κ1) is 10.6. The predicted molar refractivity (Wildman–Crippen MR) is 45.6 cm³/mol. The summed E-state index contributed by atoms with van der Waals surface area (Å²) in [6.07, 6.45) is 3.66. The molecule has 3 nitrogen and oxygen atoms in total. The van der Waals surface area contributed by atoms with E-state index in [1.807, 2.05) is 0 Å². The van der Waals surface area contributed by atoms with E-state index in [2.05, 4.69) is 4.74 Å². The van der Waals surface area contributed by atoms with Crippen LogP contribution in [0.5, 0.6) is 0 Å². The van der Waals surface area contributed by atoms with Gasteiger partial charge in [0.2, 0.25) is 0 Å². The second-order valence-corrected chi connectivity index (χ2v) is 2.37. The molecule has 0 aliphatic carbocycles. The molecule has 0 heterocycles. The maximum atomic E-state index is 10.8. The summed E-state index contributed by atoms with van der Waals surface area (Å²) in [4.78, 5) is 20.9. The van der Waals surface area contributed by atoms with Crippen molar-refractivity contribution in [3.05, 3.63) is 23.3 Å². The average molecular weight is 168 g/mol. The van der Waals surface area contributed by atoms with Crippen molar-refractivity contribution < 1.29 is 14.3 Å². The Hall–Kier alpha value is -1.38. The molecule has 0 radical (unpaired) electrons. The highest BCUT2D eigenvalue weighted by Gasteiger charge is 2.01. The number of rotatable bonds is 3. The first-order valence-electron chi connectivity index (χ1n) is 3.50. The number of ether oxygens (including phenoxy) is 1. The molecule has 0 rings (SSSR count). The Morgan fingerprint density at radius 2 is 1.92 bits per heavy atom. The van der Waals surface area contributed by atoms with Crippen LogP contribution in [0.15, 0.2) is 23.3 Å². The Bertz CT molecular complexity index is 236. The Balaban J connectivity index is 4.45. The van der Waals surface area contributed by atoms with Gasteiger partial charge in [-0.3, -0.25) is 4.79 Å². The molecule has 0 N–H and O–H groups in total. The molecular formula is C9H12O3. The van der Waals surface area contributed by atoms with Gasteiger partial charge in [0, 0.05) is 5.57 Å². The molecule has 0 aromatic carbocycles. The minimum atomic E-state index is -0.381. The number of carbonyl (C=O) groups is 2. The van der Waals surface area contributed by atoms with E-state index in [1.165, 1.54) is 13.2 Å². The summed E-state index contributed by atoms with van der Waals surface area (Å²) in [5.41, 5.74) is 1.21. The highest BCUT2D eigenvalue weighted by Crippen LogP contribution is 2.01. The van der Waals surface area contributed by atoms with Gasteiger partial charge in [-0.1, -0.05) is 0 Å². The highest BCUT2D eigenvalue weighted by molar-refractivity contribution is 5.88. The fourth-order valence-corrected chi connectivity index (χ4v) is 0.717. The third-order valence-electron chi connectivity index (χ3n) is 1.28. The maximum absolute atomic E-state index is 10.8. The van der Waals surface area contributed by atoms with Gasteiger partial charge in [-0.25, -0.2) is 4.79 Å². The van der Waals surface area contributed by atoms with Crippen molar-refractivity contribution in [1.29, 1.82) is 0 Å². The molecule has 0 atom stereocenters. The molecule has 0 aromatic rings. The van der Waals surface area contributed by atoms with E-state index in [0.717, 1.165) is 5.57 Å². The number of esters is 1. The minimum Gasteiger partial charge on any atom is -0.466 e. The van der Waals surface area contributed by atoms with Gasteiger partial charge >= 0.3 is 5.97 Å². The standard InChI is InChI=1S/C9H12O3/c1-7(4-5-10)6-8(2)9(11)12-3/h4-6H,1-3H3/b7-4+,8-6+. The van der Waals surface area contributed by atoms with Crippen LogP contribution >= 0.6 is 0 Å². The topological polar surface area (TPSA) is 43.4 Å². The van der Waals surface area contributed by atoms with Crippen molar-refractivity contribution in [3.63, 3.8) is 0 Å². The van der Waals surface area contributed by atoms with Crippen molar-refractivity contribution in [1.82, 2.24) is 0 Å². The zero-order chi connectivity index (χ0) is 9.56. The lowest BCUT2D eigenvalue weighted by atomic mass is 10.2. The fraction of sp³-hybridized carbons (Fsp3) is 0.333. The SMILES string of the molecule is COC(=O)/C(C)=C/C(C)=C/C=O. The van der Waals surface area contributed by atoms with E-state index in [0.29, 0.717) is 11.9 Å². The predicted octanol–water partition coefficient (Wildman–Crippen LogP) is 1.25. The molecule has 3 heteroatoms. The minimum absolute atomic E-state index is 0.381. The van der Waals surface area contributed by atoms with Crippen LogP contribution in [0.25, 0.3) is 0 Å². The molecule has 0 saturated carbocycles. The van der Waals surface area contributed by atoms with E-state index in [9.17, 15) is 9.59 Å². The lowest BCUT2D eigenvalue weighted by Gasteiger charge is -1.97. The summed E-state index contributed by atoms with van der Waals surface area (Å²) in [6.45, 7) is 3.37. The molecular weight excluding hydrogens is 156 g/mol. The lowest BCUT2D eigenvalue weighted by molar-refractivity contribution is -0.136. The number of carbonyl (C=O) groups excluding carboxylic acids is 2. The van der Waals surface area contributed by atoms with Crippen LogP contribution in [0.1, 0.15) is 13.8 Å². The van der Waals surface area contributed by atoms with Crippen LogP contribution in [-0.2, 0) is 14.3 Å². The number of hydrogen-bond donors (Lipinski definition) is 0. The molecule has 0 aliphatic heterocycles. The number of methoxy groups -OCH3 is 1. The molecule has 0 amide bonds. The summed E-state index contributed by atoms with van der Waals surface area (Å²) in [5.74, 6) is -0.381. The number of allylic oxidation sites excluding steroid dienone is 3. The first-order chi connectivity index (χ1) is 5.61. The Kier molecular flexibility index (Phi) is 4.69. The van der Waals surface area contributed by atoms with E-state index < -0.39 is 0 Å². The van der Waals surface area contributed by atoms with Crippen LogP contribution in [0.3, 0.4) is 0 Å². The smallest absolute Gasteiger partial charge is 0.333 e. The van der Waals surface area contributed by atoms with Gasteiger partial charge < -0.3 is 4.74 Å². The number of hydrogen-bond acceptors (Lipinski definition) is 3. The Morgan fingerprint density at radius 3 is 2.33 bits per heavy atom. The summed E-state index contributed by atoms with van der Waals surface area (Å²) < 4.78 is 4.47. The molecule has 0 aromatic heterocycles. The monoisotopic (exact) mass is 168 g/mol. The molecule has 0 saturated heterocycles. The first-order valence-corrected chi connectivity index (χ1v) is 3.50. The molecule has 0 bridgehead atoms. The van der Waals surface area contributed by atoms with Gasteiger partial charge in [0.1, 0.15) is 6.29 Å². The second-order valence-electron chi connectivity index (χ2n) is 2.37. The van der Waals surface area contributed by atoms with Crippen molar-refractivity contribution >= 4 is 12.3 Å². The molecule has 0 unspecified atom stereocenters. The van der Waals surface area contributed by atoms with E-state index >= 15 is 0 Å². The van der Waals surface area contributed by atoms with Gasteiger partial charge in [0.05, 0.1) is 7.11 Å². The third kappa shape index (κ3) is 3.71. The largest absolute Gasteiger partial charge is 0.466 e. The van der Waals surface area contributed by atoms with Crippen LogP contribution in [0, 0.1) is 0 Å². The average Bonchev–Trinajstić information content (AvgIpc) is 2.03. The zero-order valence-corrected chi connectivity index (χ0v) is 7.46. The summed E-state index contributed by atoms with van der Waals surface area (Å²) in [5, 5.41) is 0. The Labute approximate surface area is 71.7 Å². The van der Waals surface area contributed by atoms with Gasteiger partial charge in [-0.15, -0.1) is 0 Å². The third-order valence-corrected chi connectivity index (χ3v) is 1.28. The van der Waals surface area contributed by atoms with E-state index in [4.69, 9.17) is 0 Å². The van der Waals surface area contributed by atoms with E-state index in [1.54, 1.807) is 19.9 Å². The fourth-order valence-electron chi connectivity index (χ4n) is 0.717.